The smallest absolute Gasteiger partial charge is 0.326 e. The second-order valence-electron chi connectivity index (χ2n) is 4.40. The first kappa shape index (κ1) is 13.5. The Bertz CT molecular complexity index is 347. The van der Waals surface area contributed by atoms with Gasteiger partial charge in [-0.1, -0.05) is 25.2 Å². The van der Waals surface area contributed by atoms with Gasteiger partial charge in [-0.25, -0.2) is 4.79 Å². The number of carbonyl (C=O) groups is 2. The Kier molecular flexibility index (Phi) is 4.94. The maximum Gasteiger partial charge on any atom is 0.326 e. The number of rotatable bonds is 3. The maximum atomic E-state index is 11.8. The van der Waals surface area contributed by atoms with Crippen molar-refractivity contribution in [1.29, 1.82) is 0 Å². The molecule has 94 valence electrons. The number of amides is 1. The highest BCUT2D eigenvalue weighted by atomic mass is 16.4. The number of carboxylic acid groups (broad SMARTS) is 1. The van der Waals surface area contributed by atoms with Gasteiger partial charge < -0.3 is 10.0 Å². The van der Waals surface area contributed by atoms with Gasteiger partial charge >= 0.3 is 5.97 Å². The molecule has 1 N–H and O–H groups in total. The Morgan fingerprint density at radius 3 is 2.65 bits per heavy atom. The van der Waals surface area contributed by atoms with E-state index in [9.17, 15) is 9.59 Å². The molecule has 1 saturated heterocycles. The predicted molar refractivity (Wildman–Crippen MR) is 65.5 cm³/mol. The number of hydrogen-bond donors (Lipinski definition) is 1. The molecule has 2 atom stereocenters. The lowest BCUT2D eigenvalue weighted by atomic mass is 9.92. The first-order chi connectivity index (χ1) is 8.06. The standard InChI is InChI=1S/C13H19NO3/c1-3-4-5-6-12(15)14-8-7-10(2)9-11(14)13(16)17/h3-6,10-11H,7-9H2,1-2H3,(H,16,17). The van der Waals surface area contributed by atoms with E-state index in [1.807, 2.05) is 19.9 Å². The van der Waals surface area contributed by atoms with Crippen LogP contribution in [0.3, 0.4) is 0 Å². The zero-order valence-corrected chi connectivity index (χ0v) is 10.3. The van der Waals surface area contributed by atoms with Crippen LogP contribution in [0.15, 0.2) is 24.3 Å². The van der Waals surface area contributed by atoms with Gasteiger partial charge in [0.1, 0.15) is 6.04 Å². The molecule has 4 nitrogen and oxygen atoms in total. The van der Waals surface area contributed by atoms with E-state index in [4.69, 9.17) is 5.11 Å². The largest absolute Gasteiger partial charge is 0.480 e. The molecule has 0 saturated carbocycles. The summed E-state index contributed by atoms with van der Waals surface area (Å²) in [5.74, 6) is -0.772. The minimum atomic E-state index is -0.913. The van der Waals surface area contributed by atoms with Crippen molar-refractivity contribution in [2.45, 2.75) is 32.7 Å². The molecule has 1 amide bonds. The van der Waals surface area contributed by atoms with E-state index in [-0.39, 0.29) is 5.91 Å². The first-order valence-electron chi connectivity index (χ1n) is 5.89. The molecule has 1 heterocycles. The Morgan fingerprint density at radius 1 is 1.35 bits per heavy atom. The van der Waals surface area contributed by atoms with Gasteiger partial charge in [-0.2, -0.15) is 0 Å². The molecule has 0 radical (unpaired) electrons. The monoisotopic (exact) mass is 237 g/mol. The molecule has 1 fully saturated rings. The number of nitrogens with zero attached hydrogens (tertiary/aromatic N) is 1. The SMILES string of the molecule is CC=CC=CC(=O)N1CCC(C)CC1C(=O)O. The number of likely N-dealkylation sites (tertiary alicyclic amines) is 1. The van der Waals surface area contributed by atoms with Crippen molar-refractivity contribution in [3.05, 3.63) is 24.3 Å². The molecule has 0 aromatic carbocycles. The summed E-state index contributed by atoms with van der Waals surface area (Å²) in [5, 5.41) is 9.11. The van der Waals surface area contributed by atoms with Gasteiger partial charge in [-0.15, -0.1) is 0 Å². The topological polar surface area (TPSA) is 57.6 Å². The van der Waals surface area contributed by atoms with Crippen molar-refractivity contribution in [3.8, 4) is 0 Å². The van der Waals surface area contributed by atoms with E-state index < -0.39 is 12.0 Å². The van der Waals surface area contributed by atoms with Crippen LogP contribution in [0.1, 0.15) is 26.7 Å². The molecule has 4 heteroatoms. The van der Waals surface area contributed by atoms with Crippen LogP contribution in [0.5, 0.6) is 0 Å². The summed E-state index contributed by atoms with van der Waals surface area (Å²) in [7, 11) is 0. The van der Waals surface area contributed by atoms with Crippen molar-refractivity contribution < 1.29 is 14.7 Å². The summed E-state index contributed by atoms with van der Waals surface area (Å²) in [6.07, 6.45) is 8.04. The van der Waals surface area contributed by atoms with Crippen molar-refractivity contribution in [2.24, 2.45) is 5.92 Å². The van der Waals surface area contributed by atoms with Crippen molar-refractivity contribution in [3.63, 3.8) is 0 Å². The molecule has 17 heavy (non-hydrogen) atoms. The van der Waals surface area contributed by atoms with E-state index in [1.165, 1.54) is 11.0 Å². The second-order valence-corrected chi connectivity index (χ2v) is 4.40. The molecular formula is C13H19NO3. The maximum absolute atomic E-state index is 11.8. The number of piperidine rings is 1. The molecule has 0 aromatic rings. The van der Waals surface area contributed by atoms with Crippen molar-refractivity contribution in [2.75, 3.05) is 6.54 Å². The number of hydrogen-bond acceptors (Lipinski definition) is 2. The molecule has 0 aliphatic carbocycles. The van der Waals surface area contributed by atoms with Crippen LogP contribution in [-0.2, 0) is 9.59 Å². The van der Waals surface area contributed by atoms with Crippen LogP contribution in [0.2, 0.25) is 0 Å². The van der Waals surface area contributed by atoms with Crippen LogP contribution in [0.4, 0.5) is 0 Å². The molecule has 1 aliphatic rings. The van der Waals surface area contributed by atoms with Gasteiger partial charge in [0.2, 0.25) is 5.91 Å². The third-order valence-corrected chi connectivity index (χ3v) is 2.98. The average Bonchev–Trinajstić information content (AvgIpc) is 2.29. The lowest BCUT2D eigenvalue weighted by molar-refractivity contribution is -0.151. The van der Waals surface area contributed by atoms with Gasteiger partial charge in [-0.05, 0) is 25.7 Å². The van der Waals surface area contributed by atoms with E-state index in [1.54, 1.807) is 12.2 Å². The normalized spacial score (nSPS) is 25.6. The van der Waals surface area contributed by atoms with Crippen molar-refractivity contribution in [1.82, 2.24) is 4.90 Å². The van der Waals surface area contributed by atoms with E-state index in [0.29, 0.717) is 18.9 Å². The Hall–Kier alpha value is -1.58. The van der Waals surface area contributed by atoms with Crippen molar-refractivity contribution >= 4 is 11.9 Å². The summed E-state index contributed by atoms with van der Waals surface area (Å²) in [5.41, 5.74) is 0. The zero-order valence-electron chi connectivity index (χ0n) is 10.3. The zero-order chi connectivity index (χ0) is 12.8. The third kappa shape index (κ3) is 3.73. The van der Waals surface area contributed by atoms with Crippen LogP contribution in [-0.4, -0.2) is 34.5 Å². The van der Waals surface area contributed by atoms with Crippen LogP contribution < -0.4 is 0 Å². The van der Waals surface area contributed by atoms with E-state index in [0.717, 1.165) is 6.42 Å². The van der Waals surface area contributed by atoms with E-state index >= 15 is 0 Å². The second kappa shape index (κ2) is 6.23. The van der Waals surface area contributed by atoms with Gasteiger partial charge in [0, 0.05) is 12.6 Å². The van der Waals surface area contributed by atoms with Crippen LogP contribution in [0.25, 0.3) is 0 Å². The van der Waals surface area contributed by atoms with Gasteiger partial charge in [0.05, 0.1) is 0 Å². The molecule has 1 rings (SSSR count). The average molecular weight is 237 g/mol. The quantitative estimate of drug-likeness (QED) is 0.602. The number of carbonyl (C=O) groups excluding carboxylic acids is 1. The minimum absolute atomic E-state index is 0.220. The Labute approximate surface area is 102 Å². The summed E-state index contributed by atoms with van der Waals surface area (Å²) in [6.45, 7) is 4.40. The van der Waals surface area contributed by atoms with Crippen LogP contribution in [0, 0.1) is 5.92 Å². The fourth-order valence-electron chi connectivity index (χ4n) is 1.98. The fourth-order valence-corrected chi connectivity index (χ4v) is 1.98. The van der Waals surface area contributed by atoms with Gasteiger partial charge in [0.25, 0.3) is 0 Å². The summed E-state index contributed by atoms with van der Waals surface area (Å²) in [4.78, 5) is 24.4. The molecule has 2 unspecified atom stereocenters. The highest BCUT2D eigenvalue weighted by Gasteiger charge is 2.33. The molecule has 0 spiro atoms. The van der Waals surface area contributed by atoms with Gasteiger partial charge in [-0.3, -0.25) is 4.79 Å². The number of aliphatic carboxylic acids is 1. The first-order valence-corrected chi connectivity index (χ1v) is 5.89. The number of carboxylic acids is 1. The summed E-state index contributed by atoms with van der Waals surface area (Å²) < 4.78 is 0. The number of allylic oxidation sites excluding steroid dienone is 3. The van der Waals surface area contributed by atoms with Crippen LogP contribution >= 0.6 is 0 Å². The molecule has 0 aromatic heterocycles. The fraction of sp³-hybridized carbons (Fsp3) is 0.538. The highest BCUT2D eigenvalue weighted by molar-refractivity contribution is 5.91. The summed E-state index contributed by atoms with van der Waals surface area (Å²) >= 11 is 0. The van der Waals surface area contributed by atoms with E-state index in [2.05, 4.69) is 0 Å². The molecule has 1 aliphatic heterocycles. The highest BCUT2D eigenvalue weighted by Crippen LogP contribution is 2.22. The molecule has 0 bridgehead atoms. The summed E-state index contributed by atoms with van der Waals surface area (Å²) in [6, 6.07) is -0.679. The van der Waals surface area contributed by atoms with Gasteiger partial charge in [0.15, 0.2) is 0 Å². The minimum Gasteiger partial charge on any atom is -0.480 e. The predicted octanol–water partition coefficient (Wildman–Crippen LogP) is 1.83. The Balaban J connectivity index is 2.72. The lowest BCUT2D eigenvalue weighted by Gasteiger charge is -2.35. The molecular weight excluding hydrogens is 218 g/mol. The third-order valence-electron chi connectivity index (χ3n) is 2.98. The lowest BCUT2D eigenvalue weighted by Crippen LogP contribution is -2.49. The Morgan fingerprint density at radius 2 is 2.06 bits per heavy atom.